The fourth-order valence-corrected chi connectivity index (χ4v) is 4.09. The number of ether oxygens (including phenoxy) is 2. The molecule has 1 heterocycles. The number of thiocarbonyl (C=S) groups is 1. The standard InChI is InChI=1S/C23H24N2O2S/c1-26-18-10-6-15(7-11-18)14-17-4-3-5-20-21(24-23(28)25-22(17)20)16-8-12-19(27-2)13-9-16/h6-14,21H,3-5H2,1-2H3,(H2,24,25,28)/t21-/m1/s1. The topological polar surface area (TPSA) is 42.5 Å². The van der Waals surface area contributed by atoms with E-state index in [-0.39, 0.29) is 6.04 Å². The minimum Gasteiger partial charge on any atom is -0.497 e. The molecular weight excluding hydrogens is 368 g/mol. The van der Waals surface area contributed by atoms with Gasteiger partial charge in [0.05, 0.1) is 20.3 Å². The minimum atomic E-state index is 0.0919. The lowest BCUT2D eigenvalue weighted by Crippen LogP contribution is -2.45. The predicted molar refractivity (Wildman–Crippen MR) is 116 cm³/mol. The molecule has 144 valence electrons. The van der Waals surface area contributed by atoms with Gasteiger partial charge in [0.25, 0.3) is 0 Å². The Kier molecular flexibility index (Phi) is 5.35. The molecule has 0 fully saturated rings. The molecule has 4 nitrogen and oxygen atoms in total. The first-order valence-corrected chi connectivity index (χ1v) is 9.88. The molecule has 0 radical (unpaired) electrons. The van der Waals surface area contributed by atoms with Crippen LogP contribution in [0.4, 0.5) is 0 Å². The fraction of sp³-hybridized carbons (Fsp3) is 0.261. The van der Waals surface area contributed by atoms with Crippen molar-refractivity contribution in [2.24, 2.45) is 0 Å². The monoisotopic (exact) mass is 392 g/mol. The third-order valence-electron chi connectivity index (χ3n) is 5.30. The van der Waals surface area contributed by atoms with Crippen molar-refractivity contribution in [3.05, 3.63) is 76.5 Å². The highest BCUT2D eigenvalue weighted by atomic mass is 32.1. The van der Waals surface area contributed by atoms with Crippen LogP contribution in [0.1, 0.15) is 36.4 Å². The van der Waals surface area contributed by atoms with Crippen molar-refractivity contribution in [3.8, 4) is 11.5 Å². The van der Waals surface area contributed by atoms with Gasteiger partial charge in [-0.1, -0.05) is 24.3 Å². The van der Waals surface area contributed by atoms with Crippen LogP contribution in [0.5, 0.6) is 11.5 Å². The zero-order valence-corrected chi connectivity index (χ0v) is 16.9. The maximum atomic E-state index is 5.53. The summed E-state index contributed by atoms with van der Waals surface area (Å²) in [4.78, 5) is 0. The SMILES string of the molecule is COc1ccc(C=C2CCCC3=C2NC(=S)N[C@@H]3c2ccc(OC)cc2)cc1. The van der Waals surface area contributed by atoms with Crippen LogP contribution in [0, 0.1) is 0 Å². The van der Waals surface area contributed by atoms with Crippen molar-refractivity contribution < 1.29 is 9.47 Å². The van der Waals surface area contributed by atoms with E-state index in [1.54, 1.807) is 14.2 Å². The Hall–Kier alpha value is -2.79. The fourth-order valence-electron chi connectivity index (χ4n) is 3.87. The van der Waals surface area contributed by atoms with Crippen LogP contribution < -0.4 is 20.1 Å². The molecule has 5 heteroatoms. The number of rotatable bonds is 4. The second-order valence-corrected chi connectivity index (χ2v) is 7.41. The van der Waals surface area contributed by atoms with Crippen LogP contribution in [0.3, 0.4) is 0 Å². The van der Waals surface area contributed by atoms with E-state index < -0.39 is 0 Å². The molecule has 1 aliphatic heterocycles. The summed E-state index contributed by atoms with van der Waals surface area (Å²) in [5.41, 5.74) is 6.20. The Bertz CT molecular complexity index is 930. The highest BCUT2D eigenvalue weighted by Crippen LogP contribution is 2.39. The molecule has 4 rings (SSSR count). The predicted octanol–water partition coefficient (Wildman–Crippen LogP) is 4.74. The average molecular weight is 393 g/mol. The molecule has 1 atom stereocenters. The van der Waals surface area contributed by atoms with E-state index >= 15 is 0 Å². The van der Waals surface area contributed by atoms with Gasteiger partial charge < -0.3 is 20.1 Å². The number of allylic oxidation sites excluding steroid dienone is 1. The van der Waals surface area contributed by atoms with Gasteiger partial charge in [-0.3, -0.25) is 0 Å². The van der Waals surface area contributed by atoms with Gasteiger partial charge in [0.15, 0.2) is 5.11 Å². The van der Waals surface area contributed by atoms with E-state index in [1.807, 2.05) is 24.3 Å². The van der Waals surface area contributed by atoms with Crippen LogP contribution in [0.25, 0.3) is 6.08 Å². The summed E-state index contributed by atoms with van der Waals surface area (Å²) < 4.78 is 10.6. The zero-order valence-electron chi connectivity index (χ0n) is 16.1. The molecule has 0 saturated carbocycles. The Morgan fingerprint density at radius 2 is 1.57 bits per heavy atom. The van der Waals surface area contributed by atoms with Gasteiger partial charge >= 0.3 is 0 Å². The van der Waals surface area contributed by atoms with Crippen LogP contribution >= 0.6 is 12.2 Å². The van der Waals surface area contributed by atoms with Crippen molar-refractivity contribution in [1.82, 2.24) is 10.6 Å². The first-order chi connectivity index (χ1) is 13.7. The highest BCUT2D eigenvalue weighted by Gasteiger charge is 2.30. The number of hydrogen-bond donors (Lipinski definition) is 2. The molecule has 0 unspecified atom stereocenters. The van der Waals surface area contributed by atoms with Gasteiger partial charge in [0.1, 0.15) is 11.5 Å². The maximum absolute atomic E-state index is 5.53. The largest absolute Gasteiger partial charge is 0.497 e. The van der Waals surface area contributed by atoms with Gasteiger partial charge in [-0.2, -0.15) is 0 Å². The smallest absolute Gasteiger partial charge is 0.171 e. The third kappa shape index (κ3) is 3.76. The summed E-state index contributed by atoms with van der Waals surface area (Å²) in [6, 6.07) is 16.5. The Labute approximate surface area is 171 Å². The van der Waals surface area contributed by atoms with Gasteiger partial charge in [-0.05, 0) is 84.1 Å². The first-order valence-electron chi connectivity index (χ1n) is 9.47. The molecule has 0 bridgehead atoms. The van der Waals surface area contributed by atoms with Crippen molar-refractivity contribution in [2.75, 3.05) is 14.2 Å². The highest BCUT2D eigenvalue weighted by molar-refractivity contribution is 7.80. The summed E-state index contributed by atoms with van der Waals surface area (Å²) in [5.74, 6) is 1.73. The number of methoxy groups -OCH3 is 2. The lowest BCUT2D eigenvalue weighted by atomic mass is 9.83. The third-order valence-corrected chi connectivity index (χ3v) is 5.52. The van der Waals surface area contributed by atoms with E-state index in [0.29, 0.717) is 5.11 Å². The summed E-state index contributed by atoms with van der Waals surface area (Å²) in [6.45, 7) is 0. The molecule has 2 aromatic rings. The molecule has 28 heavy (non-hydrogen) atoms. The summed E-state index contributed by atoms with van der Waals surface area (Å²) >= 11 is 5.53. The van der Waals surface area contributed by atoms with Crippen LogP contribution in [-0.4, -0.2) is 19.3 Å². The molecule has 0 aromatic heterocycles. The lowest BCUT2D eigenvalue weighted by Gasteiger charge is -2.36. The van der Waals surface area contributed by atoms with E-state index in [4.69, 9.17) is 21.7 Å². The van der Waals surface area contributed by atoms with E-state index in [2.05, 4.69) is 41.0 Å². The molecule has 1 aliphatic carbocycles. The Morgan fingerprint density at radius 3 is 2.21 bits per heavy atom. The molecule has 0 amide bonds. The Morgan fingerprint density at radius 1 is 0.929 bits per heavy atom. The number of nitrogens with one attached hydrogen (secondary N) is 2. The normalized spacial score (nSPS) is 20.3. The van der Waals surface area contributed by atoms with Crippen LogP contribution in [0.15, 0.2) is 65.4 Å². The first kappa shape index (κ1) is 18.6. The van der Waals surface area contributed by atoms with E-state index in [9.17, 15) is 0 Å². The number of benzene rings is 2. The second-order valence-electron chi connectivity index (χ2n) is 7.00. The molecule has 2 aromatic carbocycles. The number of hydrogen-bond acceptors (Lipinski definition) is 3. The van der Waals surface area contributed by atoms with Crippen LogP contribution in [0.2, 0.25) is 0 Å². The van der Waals surface area contributed by atoms with E-state index in [1.165, 1.54) is 22.4 Å². The molecule has 2 aliphatic rings. The van der Waals surface area contributed by atoms with Gasteiger partial charge in [0, 0.05) is 5.70 Å². The summed E-state index contributed by atoms with van der Waals surface area (Å²) in [6.07, 6.45) is 5.47. The van der Waals surface area contributed by atoms with Crippen LogP contribution in [-0.2, 0) is 0 Å². The summed E-state index contributed by atoms with van der Waals surface area (Å²) in [7, 11) is 3.37. The Balaban J connectivity index is 1.70. The van der Waals surface area contributed by atoms with Crippen molar-refractivity contribution in [1.29, 1.82) is 0 Å². The quantitative estimate of drug-likeness (QED) is 0.736. The molecular formula is C23H24N2O2S. The van der Waals surface area contributed by atoms with Gasteiger partial charge in [-0.25, -0.2) is 0 Å². The average Bonchev–Trinajstić information content (AvgIpc) is 2.74. The maximum Gasteiger partial charge on any atom is 0.171 e. The molecule has 0 spiro atoms. The molecule has 0 saturated heterocycles. The van der Waals surface area contributed by atoms with Crippen molar-refractivity contribution in [2.45, 2.75) is 25.3 Å². The van der Waals surface area contributed by atoms with Crippen molar-refractivity contribution in [3.63, 3.8) is 0 Å². The van der Waals surface area contributed by atoms with Crippen molar-refractivity contribution >= 4 is 23.4 Å². The lowest BCUT2D eigenvalue weighted by molar-refractivity contribution is 0.414. The molecule has 2 N–H and O–H groups in total. The zero-order chi connectivity index (χ0) is 19.5. The van der Waals surface area contributed by atoms with Gasteiger partial charge in [0.2, 0.25) is 0 Å². The minimum absolute atomic E-state index is 0.0919. The second kappa shape index (κ2) is 8.07. The summed E-state index contributed by atoms with van der Waals surface area (Å²) in [5, 5.41) is 7.53. The van der Waals surface area contributed by atoms with Gasteiger partial charge in [-0.15, -0.1) is 0 Å². The van der Waals surface area contributed by atoms with E-state index in [0.717, 1.165) is 36.3 Å².